The monoisotopic (exact) mass is 146 g/mol. The van der Waals surface area contributed by atoms with E-state index in [9.17, 15) is 10.2 Å². The van der Waals surface area contributed by atoms with Gasteiger partial charge in [-0.2, -0.15) is 0 Å². The molecule has 10 heavy (non-hydrogen) atoms. The SMILES string of the molecule is OC1CC(O)C2OCOC12. The van der Waals surface area contributed by atoms with Crippen LogP contribution in [0.3, 0.4) is 0 Å². The summed E-state index contributed by atoms with van der Waals surface area (Å²) in [6, 6.07) is 0. The minimum atomic E-state index is -0.553. The average molecular weight is 146 g/mol. The first kappa shape index (κ1) is 6.54. The minimum Gasteiger partial charge on any atom is -0.390 e. The molecule has 58 valence electrons. The number of aliphatic hydroxyl groups is 2. The fourth-order valence-electron chi connectivity index (χ4n) is 1.56. The first-order chi connectivity index (χ1) is 4.79. The van der Waals surface area contributed by atoms with E-state index in [0.717, 1.165) is 0 Å². The maximum Gasteiger partial charge on any atom is 0.148 e. The second-order valence-corrected chi connectivity index (χ2v) is 2.75. The molecule has 1 aliphatic heterocycles. The number of aliphatic hydroxyl groups excluding tert-OH is 2. The molecule has 0 spiro atoms. The van der Waals surface area contributed by atoms with Crippen LogP contribution in [0.5, 0.6) is 0 Å². The van der Waals surface area contributed by atoms with Crippen molar-refractivity contribution in [1.29, 1.82) is 0 Å². The van der Waals surface area contributed by atoms with Gasteiger partial charge in [-0.1, -0.05) is 0 Å². The molecule has 0 aromatic rings. The summed E-state index contributed by atoms with van der Waals surface area (Å²) in [6.45, 7) is 0.198. The number of ether oxygens (including phenoxy) is 2. The van der Waals surface area contributed by atoms with Gasteiger partial charge >= 0.3 is 0 Å². The molecule has 4 nitrogen and oxygen atoms in total. The molecule has 0 bridgehead atoms. The van der Waals surface area contributed by atoms with Crippen LogP contribution in [-0.2, 0) is 9.47 Å². The molecule has 0 aromatic heterocycles. The van der Waals surface area contributed by atoms with Gasteiger partial charge in [-0.3, -0.25) is 0 Å². The highest BCUT2D eigenvalue weighted by Crippen LogP contribution is 2.29. The number of fused-ring (bicyclic) bond motifs is 1. The predicted octanol–water partition coefficient (Wildman–Crippen LogP) is -1.15. The van der Waals surface area contributed by atoms with E-state index in [-0.39, 0.29) is 19.0 Å². The van der Waals surface area contributed by atoms with Gasteiger partial charge < -0.3 is 19.7 Å². The molecule has 1 saturated carbocycles. The summed E-state index contributed by atoms with van der Waals surface area (Å²) in [5, 5.41) is 18.4. The van der Waals surface area contributed by atoms with Crippen molar-refractivity contribution >= 4 is 0 Å². The molecule has 1 saturated heterocycles. The zero-order valence-electron chi connectivity index (χ0n) is 5.43. The molecule has 1 aliphatic carbocycles. The van der Waals surface area contributed by atoms with Crippen molar-refractivity contribution in [3.8, 4) is 0 Å². The lowest BCUT2D eigenvalue weighted by Crippen LogP contribution is -2.29. The van der Waals surface area contributed by atoms with E-state index in [1.165, 1.54) is 0 Å². The molecule has 0 radical (unpaired) electrons. The normalized spacial score (nSPS) is 53.4. The van der Waals surface area contributed by atoms with Crippen molar-refractivity contribution < 1.29 is 19.7 Å². The van der Waals surface area contributed by atoms with Gasteiger partial charge in [0.05, 0.1) is 12.2 Å². The summed E-state index contributed by atoms with van der Waals surface area (Å²) in [7, 11) is 0. The fraction of sp³-hybridized carbons (Fsp3) is 1.00. The van der Waals surface area contributed by atoms with E-state index in [4.69, 9.17) is 9.47 Å². The van der Waals surface area contributed by atoms with E-state index in [1.807, 2.05) is 0 Å². The van der Waals surface area contributed by atoms with Crippen LogP contribution in [0, 0.1) is 0 Å². The number of hydrogen-bond acceptors (Lipinski definition) is 4. The van der Waals surface area contributed by atoms with Gasteiger partial charge in [-0.25, -0.2) is 0 Å². The summed E-state index contributed by atoms with van der Waals surface area (Å²) >= 11 is 0. The van der Waals surface area contributed by atoms with Crippen LogP contribution >= 0.6 is 0 Å². The molecule has 2 fully saturated rings. The Balaban J connectivity index is 2.11. The van der Waals surface area contributed by atoms with Gasteiger partial charge in [0.25, 0.3) is 0 Å². The third-order valence-corrected chi connectivity index (χ3v) is 2.09. The lowest BCUT2D eigenvalue weighted by Gasteiger charge is -2.09. The molecule has 0 amide bonds. The van der Waals surface area contributed by atoms with Gasteiger partial charge in [-0.15, -0.1) is 0 Å². The van der Waals surface area contributed by atoms with Crippen LogP contribution in [0.25, 0.3) is 0 Å². The van der Waals surface area contributed by atoms with Gasteiger partial charge in [0.1, 0.15) is 19.0 Å². The summed E-state index contributed by atoms with van der Waals surface area (Å²) in [6.07, 6.45) is -1.33. The second-order valence-electron chi connectivity index (χ2n) is 2.75. The number of rotatable bonds is 0. The topological polar surface area (TPSA) is 58.9 Å². The summed E-state index contributed by atoms with van der Waals surface area (Å²) in [5.41, 5.74) is 0. The molecule has 2 aliphatic rings. The fourth-order valence-corrected chi connectivity index (χ4v) is 1.56. The molecule has 0 aromatic carbocycles. The van der Waals surface area contributed by atoms with Crippen molar-refractivity contribution in [2.75, 3.05) is 6.79 Å². The Morgan fingerprint density at radius 1 is 1.00 bits per heavy atom. The maximum atomic E-state index is 9.20. The van der Waals surface area contributed by atoms with E-state index in [1.54, 1.807) is 0 Å². The van der Waals surface area contributed by atoms with Gasteiger partial charge in [-0.05, 0) is 0 Å². The maximum absolute atomic E-state index is 9.20. The Labute approximate surface area is 58.4 Å². The molecular formula is C6H10O4. The third kappa shape index (κ3) is 0.769. The zero-order chi connectivity index (χ0) is 7.14. The van der Waals surface area contributed by atoms with Gasteiger partial charge in [0.2, 0.25) is 0 Å². The Bertz CT molecular complexity index is 124. The lowest BCUT2D eigenvalue weighted by atomic mass is 10.2. The highest BCUT2D eigenvalue weighted by atomic mass is 16.7. The standard InChI is InChI=1S/C6H10O4/c7-3-1-4(8)6-5(3)9-2-10-6/h3-8H,1-2H2. The van der Waals surface area contributed by atoms with Crippen LogP contribution in [-0.4, -0.2) is 41.4 Å². The van der Waals surface area contributed by atoms with Crippen LogP contribution in [0.1, 0.15) is 6.42 Å². The van der Waals surface area contributed by atoms with E-state index in [0.29, 0.717) is 6.42 Å². The highest BCUT2D eigenvalue weighted by molar-refractivity contribution is 4.95. The first-order valence-corrected chi connectivity index (χ1v) is 3.38. The Hall–Kier alpha value is -0.160. The van der Waals surface area contributed by atoms with Crippen LogP contribution in [0.4, 0.5) is 0 Å². The molecular weight excluding hydrogens is 136 g/mol. The molecule has 4 unspecified atom stereocenters. The van der Waals surface area contributed by atoms with Crippen LogP contribution in [0.15, 0.2) is 0 Å². The van der Waals surface area contributed by atoms with E-state index < -0.39 is 12.2 Å². The van der Waals surface area contributed by atoms with Crippen molar-refractivity contribution in [1.82, 2.24) is 0 Å². The third-order valence-electron chi connectivity index (χ3n) is 2.09. The summed E-state index contributed by atoms with van der Waals surface area (Å²) in [5.74, 6) is 0. The summed E-state index contributed by atoms with van der Waals surface area (Å²) < 4.78 is 10.1. The Kier molecular flexibility index (Phi) is 1.42. The largest absolute Gasteiger partial charge is 0.390 e. The van der Waals surface area contributed by atoms with Crippen molar-refractivity contribution in [3.05, 3.63) is 0 Å². The minimum absolute atomic E-state index is 0.198. The predicted molar refractivity (Wildman–Crippen MR) is 31.2 cm³/mol. The van der Waals surface area contributed by atoms with E-state index >= 15 is 0 Å². The molecule has 1 heterocycles. The highest BCUT2D eigenvalue weighted by Gasteiger charge is 2.46. The van der Waals surface area contributed by atoms with Crippen LogP contribution < -0.4 is 0 Å². The Morgan fingerprint density at radius 3 is 2.00 bits per heavy atom. The van der Waals surface area contributed by atoms with Crippen LogP contribution in [0.2, 0.25) is 0 Å². The van der Waals surface area contributed by atoms with E-state index in [2.05, 4.69) is 0 Å². The number of hydrogen-bond donors (Lipinski definition) is 2. The Morgan fingerprint density at radius 2 is 1.50 bits per heavy atom. The average Bonchev–Trinajstić information content (AvgIpc) is 2.39. The zero-order valence-corrected chi connectivity index (χ0v) is 5.43. The smallest absolute Gasteiger partial charge is 0.148 e. The van der Waals surface area contributed by atoms with Crippen molar-refractivity contribution in [3.63, 3.8) is 0 Å². The first-order valence-electron chi connectivity index (χ1n) is 3.38. The molecule has 4 heteroatoms. The molecule has 2 rings (SSSR count). The lowest BCUT2D eigenvalue weighted by molar-refractivity contribution is -0.0302. The summed E-state index contributed by atoms with van der Waals surface area (Å²) in [4.78, 5) is 0. The van der Waals surface area contributed by atoms with Gasteiger partial charge in [0.15, 0.2) is 0 Å². The van der Waals surface area contributed by atoms with Gasteiger partial charge in [0, 0.05) is 6.42 Å². The molecule has 2 N–H and O–H groups in total. The molecule has 4 atom stereocenters. The van der Waals surface area contributed by atoms with Crippen molar-refractivity contribution in [2.24, 2.45) is 0 Å². The second kappa shape index (κ2) is 2.17. The van der Waals surface area contributed by atoms with Crippen molar-refractivity contribution in [2.45, 2.75) is 30.8 Å². The quantitative estimate of drug-likeness (QED) is 0.453.